The zero-order valence-electron chi connectivity index (χ0n) is 10.8. The summed E-state index contributed by atoms with van der Waals surface area (Å²) in [6, 6.07) is 0. The van der Waals surface area contributed by atoms with Crippen LogP contribution in [-0.4, -0.2) is 49.8 Å². The first kappa shape index (κ1) is 14.9. The minimum atomic E-state index is -2.06. The Morgan fingerprint density at radius 2 is 2.15 bits per heavy atom. The lowest BCUT2D eigenvalue weighted by Crippen LogP contribution is -2.58. The second kappa shape index (κ2) is 5.11. The summed E-state index contributed by atoms with van der Waals surface area (Å²) in [7, 11) is 0. The van der Waals surface area contributed by atoms with Gasteiger partial charge in [-0.15, -0.1) is 0 Å². The quantitative estimate of drug-likeness (QED) is 0.392. The number of aromatic nitrogens is 2. The molecule has 0 bridgehead atoms. The van der Waals surface area contributed by atoms with Gasteiger partial charge in [0.25, 0.3) is 5.56 Å². The molecule has 1 fully saturated rings. The molecule has 1 aromatic heterocycles. The summed E-state index contributed by atoms with van der Waals surface area (Å²) in [5.41, 5.74) is 4.70. The molecule has 0 saturated carbocycles. The summed E-state index contributed by atoms with van der Waals surface area (Å²) >= 11 is 0. The van der Waals surface area contributed by atoms with Crippen LogP contribution in [0.2, 0.25) is 0 Å². The lowest BCUT2D eigenvalue weighted by atomic mass is 10.1. The molecular formula is C11H17N3O6. The maximum absolute atomic E-state index is 11.8. The number of nitrogens with zero attached hydrogens (tertiary/aromatic N) is 1. The number of hydrogen-bond donors (Lipinski definition) is 5. The van der Waals surface area contributed by atoms with E-state index in [4.69, 9.17) is 15.6 Å². The van der Waals surface area contributed by atoms with E-state index in [1.54, 1.807) is 6.92 Å². The van der Waals surface area contributed by atoms with Gasteiger partial charge in [0.15, 0.2) is 0 Å². The molecular weight excluding hydrogens is 270 g/mol. The average molecular weight is 287 g/mol. The highest BCUT2D eigenvalue weighted by Crippen LogP contribution is 2.30. The minimum absolute atomic E-state index is 0.271. The molecule has 6 N–H and O–H groups in total. The molecule has 1 aromatic rings. The van der Waals surface area contributed by atoms with Crippen LogP contribution in [0.25, 0.3) is 0 Å². The number of nitrogens with two attached hydrogens (primary N) is 1. The highest BCUT2D eigenvalue weighted by atomic mass is 16.6. The standard InChI is InChI=1S/C11H17N3O6/c1-2-5-3-14(10(19)13-9(5)18)11(12)8(17)7(16)6(4-15)20-11/h3,6-8,15-17H,2,4,12H2,1H3,(H,13,18,19)/t6-,7-,8-,11+/m1/s1. The van der Waals surface area contributed by atoms with E-state index in [9.17, 15) is 19.8 Å². The number of rotatable bonds is 3. The molecule has 0 unspecified atom stereocenters. The predicted octanol–water partition coefficient (Wildman–Crippen LogP) is -3.22. The van der Waals surface area contributed by atoms with E-state index in [0.29, 0.717) is 6.42 Å². The third-order valence-corrected chi connectivity index (χ3v) is 3.42. The van der Waals surface area contributed by atoms with Crippen molar-refractivity contribution >= 4 is 0 Å². The zero-order chi connectivity index (χ0) is 15.1. The maximum atomic E-state index is 11.8. The van der Waals surface area contributed by atoms with E-state index >= 15 is 0 Å². The van der Waals surface area contributed by atoms with Crippen molar-refractivity contribution in [1.29, 1.82) is 0 Å². The largest absolute Gasteiger partial charge is 0.394 e. The SMILES string of the molecule is CCc1cn([C@]2(N)O[C@H](CO)[C@@H](O)[C@H]2O)c(=O)[nH]c1=O. The molecule has 0 radical (unpaired) electrons. The van der Waals surface area contributed by atoms with Gasteiger partial charge in [-0.3, -0.25) is 20.1 Å². The van der Waals surface area contributed by atoms with E-state index < -0.39 is 42.0 Å². The van der Waals surface area contributed by atoms with Crippen molar-refractivity contribution in [3.05, 3.63) is 32.6 Å². The van der Waals surface area contributed by atoms with Gasteiger partial charge in [0, 0.05) is 11.8 Å². The van der Waals surface area contributed by atoms with Crippen molar-refractivity contribution in [3.63, 3.8) is 0 Å². The van der Waals surface area contributed by atoms with Crippen molar-refractivity contribution in [3.8, 4) is 0 Å². The zero-order valence-corrected chi connectivity index (χ0v) is 10.8. The lowest BCUT2D eigenvalue weighted by Gasteiger charge is -2.29. The summed E-state index contributed by atoms with van der Waals surface area (Å²) < 4.78 is 6.01. The van der Waals surface area contributed by atoms with Crippen molar-refractivity contribution in [2.75, 3.05) is 6.61 Å². The first-order valence-electron chi connectivity index (χ1n) is 6.14. The van der Waals surface area contributed by atoms with E-state index in [-0.39, 0.29) is 5.56 Å². The molecule has 0 aliphatic carbocycles. The van der Waals surface area contributed by atoms with E-state index in [1.807, 2.05) is 0 Å². The second-order valence-corrected chi connectivity index (χ2v) is 4.66. The number of aromatic amines is 1. The van der Waals surface area contributed by atoms with Gasteiger partial charge < -0.3 is 20.1 Å². The maximum Gasteiger partial charge on any atom is 0.331 e. The Morgan fingerprint density at radius 3 is 2.65 bits per heavy atom. The summed E-state index contributed by atoms with van der Waals surface area (Å²) in [6.45, 7) is 1.13. The smallest absolute Gasteiger partial charge is 0.331 e. The van der Waals surface area contributed by atoms with Crippen LogP contribution < -0.4 is 17.0 Å². The molecule has 2 heterocycles. The highest BCUT2D eigenvalue weighted by Gasteiger charge is 2.53. The molecule has 9 nitrogen and oxygen atoms in total. The highest BCUT2D eigenvalue weighted by molar-refractivity contribution is 5.07. The van der Waals surface area contributed by atoms with Crippen LogP contribution in [0.1, 0.15) is 12.5 Å². The fraction of sp³-hybridized carbons (Fsp3) is 0.636. The van der Waals surface area contributed by atoms with Crippen LogP contribution >= 0.6 is 0 Å². The van der Waals surface area contributed by atoms with Gasteiger partial charge in [0.2, 0.25) is 5.85 Å². The lowest BCUT2D eigenvalue weighted by molar-refractivity contribution is -0.146. The molecule has 20 heavy (non-hydrogen) atoms. The monoisotopic (exact) mass is 287 g/mol. The van der Waals surface area contributed by atoms with Crippen LogP contribution in [0.5, 0.6) is 0 Å². The molecule has 1 saturated heterocycles. The number of nitrogens with one attached hydrogen (secondary N) is 1. The summed E-state index contributed by atoms with van der Waals surface area (Å²) in [5, 5.41) is 28.7. The van der Waals surface area contributed by atoms with Crippen LogP contribution in [0.4, 0.5) is 0 Å². The second-order valence-electron chi connectivity index (χ2n) is 4.66. The van der Waals surface area contributed by atoms with Crippen LogP contribution in [0.3, 0.4) is 0 Å². The topological polar surface area (TPSA) is 151 Å². The van der Waals surface area contributed by atoms with E-state index in [0.717, 1.165) is 4.57 Å². The third kappa shape index (κ3) is 2.09. The van der Waals surface area contributed by atoms with E-state index in [1.165, 1.54) is 6.20 Å². The first-order valence-corrected chi connectivity index (χ1v) is 6.14. The molecule has 112 valence electrons. The molecule has 2 rings (SSSR count). The Kier molecular flexibility index (Phi) is 3.80. The molecule has 1 aliphatic heterocycles. The fourth-order valence-corrected chi connectivity index (χ4v) is 2.20. The van der Waals surface area contributed by atoms with Gasteiger partial charge in [0.05, 0.1) is 6.61 Å². The minimum Gasteiger partial charge on any atom is -0.394 e. The van der Waals surface area contributed by atoms with Crippen LogP contribution in [0, 0.1) is 0 Å². The van der Waals surface area contributed by atoms with Crippen molar-refractivity contribution in [1.82, 2.24) is 9.55 Å². The average Bonchev–Trinajstić information content (AvgIpc) is 2.64. The Bertz CT molecular complexity index is 611. The van der Waals surface area contributed by atoms with Crippen molar-refractivity contribution in [2.24, 2.45) is 5.73 Å². The van der Waals surface area contributed by atoms with Gasteiger partial charge in [0.1, 0.15) is 18.3 Å². The van der Waals surface area contributed by atoms with Crippen LogP contribution in [-0.2, 0) is 17.0 Å². The number of aryl methyl sites for hydroxylation is 1. The van der Waals surface area contributed by atoms with E-state index in [2.05, 4.69) is 4.98 Å². The van der Waals surface area contributed by atoms with Crippen molar-refractivity contribution < 1.29 is 20.1 Å². The van der Waals surface area contributed by atoms with Crippen molar-refractivity contribution in [2.45, 2.75) is 37.5 Å². The van der Waals surface area contributed by atoms with Gasteiger partial charge in [-0.1, -0.05) is 6.92 Å². The number of ether oxygens (including phenoxy) is 1. The Hall–Kier alpha value is -1.52. The molecule has 0 spiro atoms. The summed E-state index contributed by atoms with van der Waals surface area (Å²) in [6.07, 6.45) is -2.69. The fourth-order valence-electron chi connectivity index (χ4n) is 2.20. The number of aliphatic hydroxyl groups is 3. The van der Waals surface area contributed by atoms with Gasteiger partial charge in [-0.2, -0.15) is 0 Å². The molecule has 1 aliphatic rings. The Labute approximate surface area is 113 Å². The summed E-state index contributed by atoms with van der Waals surface area (Å²) in [5.74, 6) is -2.06. The van der Waals surface area contributed by atoms with Gasteiger partial charge in [-0.05, 0) is 6.42 Å². The normalized spacial score (nSPS) is 33.5. The first-order chi connectivity index (χ1) is 9.35. The molecule has 0 aromatic carbocycles. The third-order valence-electron chi connectivity index (χ3n) is 3.42. The van der Waals surface area contributed by atoms with Gasteiger partial charge in [-0.25, -0.2) is 4.79 Å². The Morgan fingerprint density at radius 1 is 1.50 bits per heavy atom. The number of H-pyrrole nitrogens is 1. The van der Waals surface area contributed by atoms with Gasteiger partial charge >= 0.3 is 5.69 Å². The number of aliphatic hydroxyl groups excluding tert-OH is 3. The van der Waals surface area contributed by atoms with Crippen LogP contribution in [0.15, 0.2) is 15.8 Å². The Balaban J connectivity index is 2.56. The predicted molar refractivity (Wildman–Crippen MR) is 66.8 cm³/mol. The molecule has 9 heteroatoms. The number of hydrogen-bond acceptors (Lipinski definition) is 7. The molecule has 4 atom stereocenters. The summed E-state index contributed by atoms with van der Waals surface area (Å²) in [4.78, 5) is 25.4. The molecule has 0 amide bonds.